The number of nitrogens with zero attached hydrogens (tertiary/aromatic N) is 1. The Labute approximate surface area is 170 Å². The Bertz CT molecular complexity index is 709. The molecule has 1 aromatic rings. The van der Waals surface area contributed by atoms with Gasteiger partial charge in [0.15, 0.2) is 0 Å². The molecular formula is C21H30BrNO4. The number of methoxy groups -OCH3 is 1. The number of amides is 2. The number of rotatable bonds is 3. The van der Waals surface area contributed by atoms with Crippen molar-refractivity contribution in [3.63, 3.8) is 0 Å². The SMILES string of the molecule is COC(=O)N(C(=O)OC(C)(C)CC(C)(C)C)C1CCCc2cccc(Br)c21. The smallest absolute Gasteiger partial charge is 0.420 e. The third kappa shape index (κ3) is 5.47. The zero-order valence-electron chi connectivity index (χ0n) is 17.1. The first kappa shape index (κ1) is 21.7. The number of fused-ring (bicyclic) bond motifs is 1. The van der Waals surface area contributed by atoms with Gasteiger partial charge in [0.1, 0.15) is 5.60 Å². The average Bonchev–Trinajstić information content (AvgIpc) is 2.52. The number of carbonyl (C=O) groups is 2. The predicted molar refractivity (Wildman–Crippen MR) is 109 cm³/mol. The van der Waals surface area contributed by atoms with Gasteiger partial charge in [0, 0.05) is 4.47 Å². The summed E-state index contributed by atoms with van der Waals surface area (Å²) in [6, 6.07) is 5.53. The summed E-state index contributed by atoms with van der Waals surface area (Å²) in [5.74, 6) is 0. The summed E-state index contributed by atoms with van der Waals surface area (Å²) in [4.78, 5) is 26.7. The summed E-state index contributed by atoms with van der Waals surface area (Å²) < 4.78 is 11.6. The lowest BCUT2D eigenvalue weighted by atomic mass is 9.83. The molecule has 1 atom stereocenters. The minimum absolute atomic E-state index is 0.0136. The number of carbonyl (C=O) groups excluding carboxylic acids is 2. The zero-order valence-corrected chi connectivity index (χ0v) is 18.7. The minimum atomic E-state index is -0.701. The highest BCUT2D eigenvalue weighted by atomic mass is 79.9. The molecule has 27 heavy (non-hydrogen) atoms. The van der Waals surface area contributed by atoms with Crippen LogP contribution in [0.25, 0.3) is 0 Å². The first-order valence-electron chi connectivity index (χ1n) is 9.32. The normalized spacial score (nSPS) is 17.1. The molecule has 2 amide bonds. The molecule has 1 aliphatic carbocycles. The molecular weight excluding hydrogens is 410 g/mol. The summed E-state index contributed by atoms with van der Waals surface area (Å²) in [6.07, 6.45) is 1.81. The van der Waals surface area contributed by atoms with Crippen LogP contribution < -0.4 is 0 Å². The van der Waals surface area contributed by atoms with E-state index in [2.05, 4.69) is 36.7 Å². The lowest BCUT2D eigenvalue weighted by molar-refractivity contribution is -0.0152. The molecule has 0 saturated heterocycles. The second-order valence-electron chi connectivity index (χ2n) is 8.93. The van der Waals surface area contributed by atoms with E-state index in [9.17, 15) is 9.59 Å². The van der Waals surface area contributed by atoms with Gasteiger partial charge in [-0.15, -0.1) is 0 Å². The van der Waals surface area contributed by atoms with Gasteiger partial charge < -0.3 is 9.47 Å². The molecule has 2 rings (SSSR count). The first-order valence-corrected chi connectivity index (χ1v) is 10.1. The van der Waals surface area contributed by atoms with Crippen LogP contribution in [-0.2, 0) is 15.9 Å². The van der Waals surface area contributed by atoms with Gasteiger partial charge in [-0.1, -0.05) is 48.8 Å². The molecule has 0 saturated carbocycles. The van der Waals surface area contributed by atoms with Crippen molar-refractivity contribution in [2.75, 3.05) is 7.11 Å². The van der Waals surface area contributed by atoms with Crippen molar-refractivity contribution < 1.29 is 19.1 Å². The lowest BCUT2D eigenvalue weighted by Gasteiger charge is -2.37. The molecule has 0 aromatic heterocycles. The van der Waals surface area contributed by atoms with Gasteiger partial charge in [0.25, 0.3) is 0 Å². The molecule has 0 radical (unpaired) electrons. The molecule has 0 bridgehead atoms. The molecule has 5 nitrogen and oxygen atoms in total. The van der Waals surface area contributed by atoms with Crippen molar-refractivity contribution in [2.45, 2.75) is 71.9 Å². The topological polar surface area (TPSA) is 55.8 Å². The second-order valence-corrected chi connectivity index (χ2v) is 9.78. The highest BCUT2D eigenvalue weighted by molar-refractivity contribution is 9.10. The molecule has 1 aromatic carbocycles. The summed E-state index contributed by atoms with van der Waals surface area (Å²) in [5, 5.41) is 0. The van der Waals surface area contributed by atoms with E-state index >= 15 is 0 Å². The van der Waals surface area contributed by atoms with Crippen LogP contribution >= 0.6 is 15.9 Å². The fraction of sp³-hybridized carbons (Fsp3) is 0.619. The third-order valence-electron chi connectivity index (χ3n) is 4.60. The maximum atomic E-state index is 13.1. The highest BCUT2D eigenvalue weighted by Crippen LogP contribution is 2.40. The van der Waals surface area contributed by atoms with Crippen molar-refractivity contribution in [1.29, 1.82) is 0 Å². The number of ether oxygens (including phenoxy) is 2. The van der Waals surface area contributed by atoms with Gasteiger partial charge in [-0.3, -0.25) is 0 Å². The van der Waals surface area contributed by atoms with E-state index in [4.69, 9.17) is 9.47 Å². The summed E-state index contributed by atoms with van der Waals surface area (Å²) in [7, 11) is 1.28. The Morgan fingerprint density at radius 3 is 2.44 bits per heavy atom. The van der Waals surface area contributed by atoms with Crippen LogP contribution in [0.4, 0.5) is 9.59 Å². The number of imide groups is 1. The summed E-state index contributed by atoms with van der Waals surface area (Å²) >= 11 is 3.58. The molecule has 0 N–H and O–H groups in total. The average molecular weight is 440 g/mol. The molecule has 0 fully saturated rings. The predicted octanol–water partition coefficient (Wildman–Crippen LogP) is 6.25. The first-order chi connectivity index (χ1) is 12.4. The largest absolute Gasteiger partial charge is 0.452 e. The Morgan fingerprint density at radius 2 is 1.85 bits per heavy atom. The number of hydrogen-bond acceptors (Lipinski definition) is 4. The fourth-order valence-electron chi connectivity index (χ4n) is 4.09. The van der Waals surface area contributed by atoms with Crippen molar-refractivity contribution in [3.8, 4) is 0 Å². The van der Waals surface area contributed by atoms with Gasteiger partial charge in [-0.05, 0) is 62.1 Å². The van der Waals surface area contributed by atoms with Crippen LogP contribution in [-0.4, -0.2) is 29.8 Å². The fourth-order valence-corrected chi connectivity index (χ4v) is 4.76. The van der Waals surface area contributed by atoms with Crippen molar-refractivity contribution >= 4 is 28.1 Å². The van der Waals surface area contributed by atoms with Crippen LogP contribution in [0.1, 0.15) is 71.0 Å². The standard InChI is InChI=1S/C21H30BrNO4/c1-20(2,3)13-21(4,5)27-19(25)23(18(24)26-6)16-12-8-10-14-9-7-11-15(22)17(14)16/h7,9,11,16H,8,10,12-13H2,1-6H3. The Hall–Kier alpha value is -1.56. The van der Waals surface area contributed by atoms with E-state index in [-0.39, 0.29) is 5.41 Å². The van der Waals surface area contributed by atoms with Gasteiger partial charge in [0.05, 0.1) is 13.2 Å². The monoisotopic (exact) mass is 439 g/mol. The van der Waals surface area contributed by atoms with Gasteiger partial charge in [-0.25, -0.2) is 14.5 Å². The van der Waals surface area contributed by atoms with Crippen LogP contribution in [0.2, 0.25) is 0 Å². The van der Waals surface area contributed by atoms with Crippen molar-refractivity contribution in [1.82, 2.24) is 4.90 Å². The third-order valence-corrected chi connectivity index (χ3v) is 5.29. The number of hydrogen-bond donors (Lipinski definition) is 0. The maximum absolute atomic E-state index is 13.1. The van der Waals surface area contributed by atoms with Gasteiger partial charge in [0.2, 0.25) is 0 Å². The van der Waals surface area contributed by atoms with E-state index in [1.807, 2.05) is 32.0 Å². The van der Waals surface area contributed by atoms with Crippen LogP contribution in [0.15, 0.2) is 22.7 Å². The zero-order chi connectivity index (χ0) is 20.4. The number of aryl methyl sites for hydroxylation is 1. The molecule has 150 valence electrons. The molecule has 1 aliphatic rings. The molecule has 1 unspecified atom stereocenters. The van der Waals surface area contributed by atoms with Crippen LogP contribution in [0.5, 0.6) is 0 Å². The van der Waals surface area contributed by atoms with E-state index in [1.165, 1.54) is 7.11 Å². The van der Waals surface area contributed by atoms with E-state index < -0.39 is 23.8 Å². The van der Waals surface area contributed by atoms with Crippen molar-refractivity contribution in [3.05, 3.63) is 33.8 Å². The second kappa shape index (κ2) is 8.21. The van der Waals surface area contributed by atoms with E-state index in [0.29, 0.717) is 12.8 Å². The lowest BCUT2D eigenvalue weighted by Crippen LogP contribution is -2.45. The van der Waals surface area contributed by atoms with Crippen LogP contribution in [0, 0.1) is 5.41 Å². The Morgan fingerprint density at radius 1 is 1.19 bits per heavy atom. The van der Waals surface area contributed by atoms with E-state index in [0.717, 1.165) is 33.3 Å². The van der Waals surface area contributed by atoms with E-state index in [1.54, 1.807) is 0 Å². The van der Waals surface area contributed by atoms with Gasteiger partial charge in [-0.2, -0.15) is 0 Å². The minimum Gasteiger partial charge on any atom is -0.452 e. The molecule has 0 aliphatic heterocycles. The quantitative estimate of drug-likeness (QED) is 0.558. The molecule has 6 heteroatoms. The van der Waals surface area contributed by atoms with Crippen molar-refractivity contribution in [2.24, 2.45) is 5.41 Å². The van der Waals surface area contributed by atoms with Crippen LogP contribution in [0.3, 0.4) is 0 Å². The molecule has 0 spiro atoms. The summed E-state index contributed by atoms with van der Waals surface area (Å²) in [5.41, 5.74) is 1.38. The number of benzene rings is 1. The highest BCUT2D eigenvalue weighted by Gasteiger charge is 2.40. The number of halogens is 1. The molecule has 0 heterocycles. The maximum Gasteiger partial charge on any atom is 0.420 e. The summed E-state index contributed by atoms with van der Waals surface area (Å²) in [6.45, 7) is 10.0. The Kier molecular flexibility index (Phi) is 6.61. The van der Waals surface area contributed by atoms with Gasteiger partial charge >= 0.3 is 12.2 Å². The Balaban J connectivity index is 2.35.